The van der Waals surface area contributed by atoms with Gasteiger partial charge in [0.05, 0.1) is 19.1 Å². The third-order valence-corrected chi connectivity index (χ3v) is 11.5. The molecule has 2 unspecified atom stereocenters. The SMILES string of the molecule is C.O=C(CC(c1ccc(Cl)cc1)c1ccccn1)N1CCN(CCCCc2cnc[nH]2)CC1.O=C(O)CC(c1ccc(Cl)cc1)c1ccccn1.c1ncc(CN2CCNCC2)[nH]1. The summed E-state index contributed by atoms with van der Waals surface area (Å²) in [4.78, 5) is 54.1. The third kappa shape index (κ3) is 16.3. The van der Waals surface area contributed by atoms with Crippen molar-refractivity contribution in [3.05, 3.63) is 166 Å². The van der Waals surface area contributed by atoms with Crippen LogP contribution in [0.4, 0.5) is 0 Å². The van der Waals surface area contributed by atoms with E-state index in [1.54, 1.807) is 37.2 Å². The van der Waals surface area contributed by atoms with Crippen LogP contribution in [0.2, 0.25) is 10.0 Å². The van der Waals surface area contributed by atoms with Gasteiger partial charge in [0, 0.05) is 135 Å². The Bertz CT molecular complexity index is 2150. The first kappa shape index (κ1) is 48.6. The lowest BCUT2D eigenvalue weighted by Gasteiger charge is -2.35. The van der Waals surface area contributed by atoms with E-state index in [4.69, 9.17) is 28.3 Å². The maximum atomic E-state index is 13.2. The summed E-state index contributed by atoms with van der Waals surface area (Å²) in [7, 11) is 0. The number of carbonyl (C=O) groups excluding carboxylic acids is 1. The van der Waals surface area contributed by atoms with Gasteiger partial charge in [-0.2, -0.15) is 0 Å². The number of unbranched alkanes of at least 4 members (excludes halogenated alkanes) is 1. The van der Waals surface area contributed by atoms with Gasteiger partial charge in [0.2, 0.25) is 5.91 Å². The monoisotopic (exact) mass is 894 g/mol. The van der Waals surface area contributed by atoms with Crippen LogP contribution in [0.25, 0.3) is 0 Å². The van der Waals surface area contributed by atoms with Gasteiger partial charge in [0.15, 0.2) is 0 Å². The van der Waals surface area contributed by atoms with Crippen LogP contribution in [0.1, 0.15) is 78.8 Å². The number of benzene rings is 2. The Morgan fingerprint density at radius 3 is 1.68 bits per heavy atom. The summed E-state index contributed by atoms with van der Waals surface area (Å²) >= 11 is 11.9. The molecule has 8 rings (SSSR count). The zero-order valence-electron chi connectivity index (χ0n) is 35.0. The predicted octanol–water partition coefficient (Wildman–Crippen LogP) is 7.94. The molecule has 0 bridgehead atoms. The van der Waals surface area contributed by atoms with Crippen molar-refractivity contribution in [1.29, 1.82) is 0 Å². The second-order valence-corrected chi connectivity index (χ2v) is 16.3. The number of carbonyl (C=O) groups is 2. The van der Waals surface area contributed by atoms with Crippen LogP contribution in [0.15, 0.2) is 122 Å². The van der Waals surface area contributed by atoms with Crippen LogP contribution < -0.4 is 5.32 Å². The Morgan fingerprint density at radius 1 is 0.651 bits per heavy atom. The summed E-state index contributed by atoms with van der Waals surface area (Å²) in [5.74, 6) is -0.974. The topological polar surface area (TPSA) is 159 Å². The molecule has 2 atom stereocenters. The summed E-state index contributed by atoms with van der Waals surface area (Å²) < 4.78 is 0. The number of hydrogen-bond donors (Lipinski definition) is 4. The lowest BCUT2D eigenvalue weighted by atomic mass is 9.91. The van der Waals surface area contributed by atoms with E-state index >= 15 is 0 Å². The number of pyridine rings is 2. The fourth-order valence-corrected chi connectivity index (χ4v) is 7.85. The van der Waals surface area contributed by atoms with E-state index in [1.807, 2.05) is 90.1 Å². The lowest BCUT2D eigenvalue weighted by Crippen LogP contribution is -2.49. The van der Waals surface area contributed by atoms with Crippen molar-refractivity contribution in [1.82, 2.24) is 49.9 Å². The van der Waals surface area contributed by atoms with E-state index in [0.717, 1.165) is 107 Å². The number of amides is 1. The van der Waals surface area contributed by atoms with E-state index in [-0.39, 0.29) is 31.6 Å². The maximum Gasteiger partial charge on any atom is 0.304 e. The number of piperazine rings is 2. The number of rotatable bonds is 15. The molecule has 2 fully saturated rings. The molecule has 2 aromatic carbocycles. The largest absolute Gasteiger partial charge is 0.481 e. The van der Waals surface area contributed by atoms with Crippen LogP contribution in [-0.4, -0.2) is 120 Å². The van der Waals surface area contributed by atoms with Crippen molar-refractivity contribution in [3.63, 3.8) is 0 Å². The van der Waals surface area contributed by atoms with Gasteiger partial charge in [-0.05, 0) is 85.5 Å². The van der Waals surface area contributed by atoms with Crippen LogP contribution in [-0.2, 0) is 22.6 Å². The van der Waals surface area contributed by atoms with Crippen LogP contribution >= 0.6 is 23.2 Å². The minimum absolute atomic E-state index is 0. The normalized spacial score (nSPS) is 15.1. The number of aromatic amines is 2. The molecule has 2 saturated heterocycles. The highest BCUT2D eigenvalue weighted by Gasteiger charge is 2.26. The van der Waals surface area contributed by atoms with Gasteiger partial charge in [0.1, 0.15) is 0 Å². The number of H-pyrrole nitrogens is 2. The number of hydrogen-bond acceptors (Lipinski definition) is 9. The van der Waals surface area contributed by atoms with E-state index in [9.17, 15) is 9.59 Å². The molecule has 0 radical (unpaired) electrons. The highest BCUT2D eigenvalue weighted by atomic mass is 35.5. The van der Waals surface area contributed by atoms with Gasteiger partial charge in [-0.1, -0.05) is 67.0 Å². The van der Waals surface area contributed by atoms with Crippen molar-refractivity contribution in [3.8, 4) is 0 Å². The minimum Gasteiger partial charge on any atom is -0.481 e. The number of aromatic nitrogens is 6. The summed E-state index contributed by atoms with van der Waals surface area (Å²) in [5.41, 5.74) is 6.04. The molecule has 1 amide bonds. The summed E-state index contributed by atoms with van der Waals surface area (Å²) in [6, 6.07) is 26.3. The molecule has 13 nitrogen and oxygen atoms in total. The molecule has 0 spiro atoms. The van der Waals surface area contributed by atoms with Gasteiger partial charge in [-0.3, -0.25) is 29.4 Å². The van der Waals surface area contributed by atoms with Crippen LogP contribution in [0.3, 0.4) is 0 Å². The number of carboxylic acid groups (broad SMARTS) is 1. The lowest BCUT2D eigenvalue weighted by molar-refractivity contribution is -0.137. The van der Waals surface area contributed by atoms with E-state index in [2.05, 4.69) is 45.0 Å². The van der Waals surface area contributed by atoms with E-state index in [1.165, 1.54) is 11.4 Å². The Labute approximate surface area is 381 Å². The Kier molecular flexibility index (Phi) is 20.2. The first-order valence-electron chi connectivity index (χ1n) is 21.2. The third-order valence-electron chi connectivity index (χ3n) is 11.0. The smallest absolute Gasteiger partial charge is 0.304 e. The van der Waals surface area contributed by atoms with Gasteiger partial charge >= 0.3 is 5.97 Å². The number of halogens is 2. The average Bonchev–Trinajstić information content (AvgIpc) is 4.04. The zero-order valence-corrected chi connectivity index (χ0v) is 36.5. The van der Waals surface area contributed by atoms with Crippen LogP contribution in [0, 0.1) is 0 Å². The second kappa shape index (κ2) is 26.2. The molecule has 0 saturated carbocycles. The first-order chi connectivity index (χ1) is 30.3. The average molecular weight is 896 g/mol. The van der Waals surface area contributed by atoms with Crippen molar-refractivity contribution in [2.24, 2.45) is 0 Å². The molecule has 2 aliphatic heterocycles. The molecule has 15 heteroatoms. The van der Waals surface area contributed by atoms with Crippen molar-refractivity contribution in [2.45, 2.75) is 57.9 Å². The predicted molar refractivity (Wildman–Crippen MR) is 250 cm³/mol. The molecule has 4 N–H and O–H groups in total. The Balaban J connectivity index is 0.000000202. The second-order valence-electron chi connectivity index (χ2n) is 15.4. The Morgan fingerprint density at radius 2 is 1.19 bits per heavy atom. The van der Waals surface area contributed by atoms with Gasteiger partial charge in [0.25, 0.3) is 0 Å². The van der Waals surface area contributed by atoms with Gasteiger partial charge < -0.3 is 25.3 Å². The minimum atomic E-state index is -0.847. The Hall–Kier alpha value is -5.44. The van der Waals surface area contributed by atoms with E-state index < -0.39 is 5.97 Å². The number of nitrogens with one attached hydrogen (secondary N) is 3. The summed E-state index contributed by atoms with van der Waals surface area (Å²) in [5, 5.41) is 13.7. The standard InChI is InChI=1S/C25H30ClN5O.C14H12ClNO2.C8H14N4.CH4/c26-21-9-7-20(8-10-21)23(24-6-1-3-11-28-24)17-25(32)31-15-13-30(14-16-31)12-4-2-5-22-18-27-19-29-22;15-11-6-4-10(5-7-11)12(9-14(17)18)13-3-1-2-8-16-13;1-3-12(4-2-9-1)6-8-5-10-7-11-8;/h1,3,6-11,18-19,23H,2,4-5,12-17H2,(H,27,29);1-8,12H,9H2,(H,17,18);5,7,9H,1-4,6H2,(H,10,11);1H4. The van der Waals surface area contributed by atoms with Crippen molar-refractivity contribution < 1.29 is 14.7 Å². The highest BCUT2D eigenvalue weighted by Crippen LogP contribution is 2.29. The number of imidazole rings is 2. The quantitative estimate of drug-likeness (QED) is 0.0746. The maximum absolute atomic E-state index is 13.2. The summed E-state index contributed by atoms with van der Waals surface area (Å²) in [6.45, 7) is 10.0. The van der Waals surface area contributed by atoms with Crippen molar-refractivity contribution in [2.75, 3.05) is 58.9 Å². The molecular weight excluding hydrogens is 836 g/mol. The highest BCUT2D eigenvalue weighted by molar-refractivity contribution is 6.30. The molecule has 0 aliphatic carbocycles. The zero-order chi connectivity index (χ0) is 43.4. The molecule has 6 aromatic rings. The molecule has 2 aliphatic rings. The molecule has 6 heterocycles. The number of carboxylic acids is 1. The molecular formula is C48H60Cl2N10O3. The number of aryl methyl sites for hydroxylation is 1. The molecule has 4 aromatic heterocycles. The van der Waals surface area contributed by atoms with Gasteiger partial charge in [-0.25, -0.2) is 9.97 Å². The number of nitrogens with zero attached hydrogens (tertiary/aromatic N) is 7. The fourth-order valence-electron chi connectivity index (χ4n) is 7.59. The fraction of sp³-hybridized carbons (Fsp3) is 0.375. The van der Waals surface area contributed by atoms with Crippen molar-refractivity contribution >= 4 is 35.1 Å². The van der Waals surface area contributed by atoms with E-state index in [0.29, 0.717) is 16.5 Å². The summed E-state index contributed by atoms with van der Waals surface area (Å²) in [6.07, 6.45) is 14.5. The number of aliphatic carboxylic acids is 1. The molecule has 334 valence electrons. The van der Waals surface area contributed by atoms with Crippen LogP contribution in [0.5, 0.6) is 0 Å². The van der Waals surface area contributed by atoms with Gasteiger partial charge in [-0.15, -0.1) is 0 Å². The first-order valence-corrected chi connectivity index (χ1v) is 22.0. The molecule has 63 heavy (non-hydrogen) atoms.